The standard InChI is InChI=1S/C31H22Cl2F3N3O3S/c1-41-28(40)14-19-8-10-20(11-9-19)18-39(23-12-13-26(32)27(33)17-23)30-38-37-29(43-30)21-4-2-6-24(15-21)42-25-7-3-5-22(16-25)31(34,35)36/h2-13,15-17H,14,18H2,1H3. The van der Waals surface area contributed by atoms with Gasteiger partial charge < -0.3 is 14.4 Å². The van der Waals surface area contributed by atoms with Crippen LogP contribution in [-0.4, -0.2) is 23.3 Å². The van der Waals surface area contributed by atoms with E-state index in [1.54, 1.807) is 30.3 Å². The van der Waals surface area contributed by atoms with Gasteiger partial charge in [-0.2, -0.15) is 13.2 Å². The minimum absolute atomic E-state index is 0.0633. The molecule has 0 unspecified atom stereocenters. The molecule has 5 aromatic rings. The van der Waals surface area contributed by atoms with Gasteiger partial charge >= 0.3 is 12.1 Å². The molecule has 220 valence electrons. The number of aromatic nitrogens is 2. The quantitative estimate of drug-likeness (QED) is 0.149. The Morgan fingerprint density at radius 1 is 0.860 bits per heavy atom. The second-order valence-corrected chi connectivity index (χ2v) is 11.1. The third-order valence-electron chi connectivity index (χ3n) is 6.28. The molecule has 0 spiro atoms. The first-order chi connectivity index (χ1) is 20.6. The van der Waals surface area contributed by atoms with Crippen molar-refractivity contribution < 1.29 is 27.4 Å². The van der Waals surface area contributed by atoms with E-state index in [-0.39, 0.29) is 18.1 Å². The van der Waals surface area contributed by atoms with E-state index in [2.05, 4.69) is 10.2 Å². The molecular weight excluding hydrogens is 622 g/mol. The minimum Gasteiger partial charge on any atom is -0.469 e. The average Bonchev–Trinajstić information content (AvgIpc) is 3.48. The van der Waals surface area contributed by atoms with Gasteiger partial charge in [0.15, 0.2) is 0 Å². The summed E-state index contributed by atoms with van der Waals surface area (Å²) in [5.41, 5.74) is 2.37. The monoisotopic (exact) mass is 643 g/mol. The Hall–Kier alpha value is -4.12. The Bertz CT molecular complexity index is 1750. The van der Waals surface area contributed by atoms with Crippen molar-refractivity contribution in [3.63, 3.8) is 0 Å². The Labute approximate surface area is 259 Å². The number of ether oxygens (including phenoxy) is 2. The molecule has 0 fully saturated rings. The van der Waals surface area contributed by atoms with E-state index in [4.69, 9.17) is 32.7 Å². The molecule has 0 N–H and O–H groups in total. The molecule has 0 atom stereocenters. The summed E-state index contributed by atoms with van der Waals surface area (Å²) in [5, 5.41) is 10.7. The molecule has 0 aliphatic heterocycles. The maximum atomic E-state index is 13.1. The fourth-order valence-electron chi connectivity index (χ4n) is 4.11. The summed E-state index contributed by atoms with van der Waals surface area (Å²) in [6.45, 7) is 0.407. The highest BCUT2D eigenvalue weighted by atomic mass is 35.5. The second-order valence-electron chi connectivity index (χ2n) is 9.30. The SMILES string of the molecule is COC(=O)Cc1ccc(CN(c2ccc(Cl)c(Cl)c2)c2nnc(-c3cccc(Oc4cccc(C(F)(F)F)c4)c3)s2)cc1. The van der Waals surface area contributed by atoms with Crippen molar-refractivity contribution >= 4 is 51.3 Å². The molecule has 0 aliphatic carbocycles. The number of carbonyl (C=O) groups is 1. The van der Waals surface area contributed by atoms with Crippen molar-refractivity contribution in [3.8, 4) is 22.1 Å². The summed E-state index contributed by atoms with van der Waals surface area (Å²) >= 11 is 13.8. The van der Waals surface area contributed by atoms with E-state index < -0.39 is 11.7 Å². The predicted octanol–water partition coefficient (Wildman–Crippen LogP) is 9.38. The summed E-state index contributed by atoms with van der Waals surface area (Å²) in [7, 11) is 1.35. The Morgan fingerprint density at radius 3 is 2.26 bits per heavy atom. The van der Waals surface area contributed by atoms with Crippen LogP contribution in [0.5, 0.6) is 11.5 Å². The first-order valence-electron chi connectivity index (χ1n) is 12.8. The Kier molecular flexibility index (Phi) is 9.19. The van der Waals surface area contributed by atoms with Gasteiger partial charge in [0.25, 0.3) is 0 Å². The zero-order valence-electron chi connectivity index (χ0n) is 22.4. The van der Waals surface area contributed by atoms with Gasteiger partial charge in [-0.05, 0) is 59.7 Å². The van der Waals surface area contributed by atoms with Crippen molar-refractivity contribution in [1.82, 2.24) is 10.2 Å². The minimum atomic E-state index is -4.48. The number of anilines is 2. The molecule has 0 radical (unpaired) electrons. The van der Waals surface area contributed by atoms with Crippen LogP contribution in [0.25, 0.3) is 10.6 Å². The van der Waals surface area contributed by atoms with Crippen LogP contribution in [0.15, 0.2) is 91.0 Å². The van der Waals surface area contributed by atoms with Crippen LogP contribution in [0.2, 0.25) is 10.0 Å². The molecule has 0 saturated heterocycles. The van der Waals surface area contributed by atoms with Crippen LogP contribution in [0.3, 0.4) is 0 Å². The fourth-order valence-corrected chi connectivity index (χ4v) is 5.27. The molecule has 1 aromatic heterocycles. The first kappa shape index (κ1) is 30.3. The smallest absolute Gasteiger partial charge is 0.416 e. The van der Waals surface area contributed by atoms with Gasteiger partial charge in [0.2, 0.25) is 5.13 Å². The van der Waals surface area contributed by atoms with Crippen LogP contribution in [0, 0.1) is 0 Å². The van der Waals surface area contributed by atoms with Crippen LogP contribution in [-0.2, 0) is 28.7 Å². The second kappa shape index (κ2) is 13.0. The number of esters is 1. The number of nitrogens with zero attached hydrogens (tertiary/aromatic N) is 3. The highest BCUT2D eigenvalue weighted by molar-refractivity contribution is 7.18. The Morgan fingerprint density at radius 2 is 1.56 bits per heavy atom. The molecule has 43 heavy (non-hydrogen) atoms. The molecule has 0 amide bonds. The van der Waals surface area contributed by atoms with Gasteiger partial charge in [0.05, 0.1) is 35.7 Å². The normalized spacial score (nSPS) is 11.3. The van der Waals surface area contributed by atoms with Gasteiger partial charge in [-0.3, -0.25) is 4.79 Å². The van der Waals surface area contributed by atoms with E-state index in [9.17, 15) is 18.0 Å². The molecular formula is C31H22Cl2F3N3O3S. The third-order valence-corrected chi connectivity index (χ3v) is 8.01. The van der Waals surface area contributed by atoms with Crippen LogP contribution in [0.1, 0.15) is 16.7 Å². The van der Waals surface area contributed by atoms with E-state index in [1.807, 2.05) is 41.3 Å². The van der Waals surface area contributed by atoms with Gasteiger partial charge in [0, 0.05) is 11.3 Å². The lowest BCUT2D eigenvalue weighted by Gasteiger charge is -2.22. The zero-order valence-corrected chi connectivity index (χ0v) is 24.8. The molecule has 0 bridgehead atoms. The molecule has 12 heteroatoms. The summed E-state index contributed by atoms with van der Waals surface area (Å²) < 4.78 is 49.9. The van der Waals surface area contributed by atoms with Crippen LogP contribution >= 0.6 is 34.5 Å². The number of hydrogen-bond acceptors (Lipinski definition) is 7. The zero-order chi connectivity index (χ0) is 30.6. The van der Waals surface area contributed by atoms with Crippen molar-refractivity contribution in [1.29, 1.82) is 0 Å². The molecule has 1 heterocycles. The summed E-state index contributed by atoms with van der Waals surface area (Å²) in [4.78, 5) is 13.6. The van der Waals surface area contributed by atoms with Crippen LogP contribution in [0.4, 0.5) is 24.0 Å². The van der Waals surface area contributed by atoms with Crippen molar-refractivity contribution in [3.05, 3.63) is 118 Å². The summed E-state index contributed by atoms with van der Waals surface area (Å²) in [6.07, 6.45) is -4.31. The fraction of sp³-hybridized carbons (Fsp3) is 0.129. The number of hydrogen-bond donors (Lipinski definition) is 0. The number of methoxy groups -OCH3 is 1. The summed E-state index contributed by atoms with van der Waals surface area (Å²) in [5.74, 6) is 0.0890. The van der Waals surface area contributed by atoms with E-state index >= 15 is 0 Å². The van der Waals surface area contributed by atoms with Gasteiger partial charge in [-0.1, -0.05) is 77.0 Å². The van der Waals surface area contributed by atoms with Gasteiger partial charge in [0.1, 0.15) is 16.5 Å². The molecule has 6 nitrogen and oxygen atoms in total. The molecule has 5 rings (SSSR count). The maximum absolute atomic E-state index is 13.1. The number of alkyl halides is 3. The van der Waals surface area contributed by atoms with Crippen molar-refractivity contribution in [2.24, 2.45) is 0 Å². The lowest BCUT2D eigenvalue weighted by Crippen LogP contribution is -2.16. The highest BCUT2D eigenvalue weighted by Gasteiger charge is 2.30. The van der Waals surface area contributed by atoms with Crippen molar-refractivity contribution in [2.75, 3.05) is 12.0 Å². The number of carbonyl (C=O) groups excluding carboxylic acids is 1. The largest absolute Gasteiger partial charge is 0.469 e. The van der Waals surface area contributed by atoms with Crippen molar-refractivity contribution in [2.45, 2.75) is 19.1 Å². The number of halogens is 5. The number of benzene rings is 4. The van der Waals surface area contributed by atoms with E-state index in [0.29, 0.717) is 38.0 Å². The molecule has 0 saturated carbocycles. The summed E-state index contributed by atoms with van der Waals surface area (Å²) in [6, 6.07) is 24.4. The topological polar surface area (TPSA) is 64.5 Å². The Balaban J connectivity index is 1.41. The predicted molar refractivity (Wildman–Crippen MR) is 161 cm³/mol. The lowest BCUT2D eigenvalue weighted by atomic mass is 10.1. The van der Waals surface area contributed by atoms with Gasteiger partial charge in [-0.25, -0.2) is 0 Å². The first-order valence-corrected chi connectivity index (χ1v) is 14.3. The average molecular weight is 645 g/mol. The van der Waals surface area contributed by atoms with E-state index in [1.165, 1.54) is 30.6 Å². The lowest BCUT2D eigenvalue weighted by molar-refractivity contribution is -0.140. The maximum Gasteiger partial charge on any atom is 0.416 e. The molecule has 0 aliphatic rings. The third kappa shape index (κ3) is 7.64. The number of rotatable bonds is 9. The van der Waals surface area contributed by atoms with Crippen LogP contribution < -0.4 is 9.64 Å². The highest BCUT2D eigenvalue weighted by Crippen LogP contribution is 2.38. The van der Waals surface area contributed by atoms with E-state index in [0.717, 1.165) is 28.9 Å². The van der Waals surface area contributed by atoms with Gasteiger partial charge in [-0.15, -0.1) is 10.2 Å². The molecule has 4 aromatic carbocycles.